The third-order valence-electron chi connectivity index (χ3n) is 6.91. The molecule has 1 spiro atoms. The minimum Gasteiger partial charge on any atom is -0.299 e. The minimum absolute atomic E-state index is 0.132. The van der Waals surface area contributed by atoms with Crippen LogP contribution >= 0.6 is 0 Å². The fraction of sp³-hybridized carbons (Fsp3) is 0.458. The number of hydrogen-bond acceptors (Lipinski definition) is 1. The summed E-state index contributed by atoms with van der Waals surface area (Å²) in [4.78, 5) is 13.1. The van der Waals surface area contributed by atoms with Gasteiger partial charge in [-0.25, -0.2) is 0 Å². The van der Waals surface area contributed by atoms with Crippen molar-refractivity contribution in [3.63, 3.8) is 0 Å². The summed E-state index contributed by atoms with van der Waals surface area (Å²) in [5.41, 5.74) is 5.65. The molecule has 1 nitrogen and oxygen atoms in total. The van der Waals surface area contributed by atoms with Gasteiger partial charge in [-0.15, -0.1) is 0 Å². The zero-order valence-electron chi connectivity index (χ0n) is 15.5. The van der Waals surface area contributed by atoms with Crippen LogP contribution in [-0.2, 0) is 22.0 Å². The summed E-state index contributed by atoms with van der Waals surface area (Å²) in [5.74, 6) is 1.01. The van der Waals surface area contributed by atoms with Gasteiger partial charge in [-0.1, -0.05) is 56.7 Å². The van der Waals surface area contributed by atoms with Crippen molar-refractivity contribution < 1.29 is 4.79 Å². The highest BCUT2D eigenvalue weighted by Gasteiger charge is 2.55. The molecule has 0 aromatic heterocycles. The van der Waals surface area contributed by atoms with E-state index in [1.54, 1.807) is 0 Å². The highest BCUT2D eigenvalue weighted by molar-refractivity contribution is 5.97. The number of aryl methyl sites for hydroxylation is 1. The summed E-state index contributed by atoms with van der Waals surface area (Å²) < 4.78 is 0. The van der Waals surface area contributed by atoms with Crippen molar-refractivity contribution >= 4 is 16.6 Å². The number of carbonyl (C=O) groups excluding carboxylic acids is 1. The van der Waals surface area contributed by atoms with E-state index in [-0.39, 0.29) is 10.8 Å². The Bertz CT molecular complexity index is 940. The Labute approximate surface area is 150 Å². The number of hydrogen-bond donors (Lipinski definition) is 0. The number of fused-ring (bicyclic) bond motifs is 6. The first-order chi connectivity index (χ1) is 11.9. The molecule has 0 radical (unpaired) electrons. The first kappa shape index (κ1) is 15.4. The predicted octanol–water partition coefficient (Wildman–Crippen LogP) is 5.63. The third kappa shape index (κ3) is 1.99. The Morgan fingerprint density at radius 1 is 1.12 bits per heavy atom. The van der Waals surface area contributed by atoms with E-state index in [2.05, 4.69) is 57.2 Å². The van der Waals surface area contributed by atoms with Gasteiger partial charge in [0.2, 0.25) is 0 Å². The molecule has 0 aliphatic heterocycles. The SMILES string of the molecule is CC(C)(C)c1cccc2cc3c(cc12)CCC(=O)C31CC2=CCC1C2. The number of benzene rings is 2. The van der Waals surface area contributed by atoms with Crippen LogP contribution < -0.4 is 0 Å². The molecule has 128 valence electrons. The van der Waals surface area contributed by atoms with Crippen LogP contribution in [0.5, 0.6) is 0 Å². The van der Waals surface area contributed by atoms with Crippen LogP contribution in [0.2, 0.25) is 0 Å². The van der Waals surface area contributed by atoms with E-state index in [0.29, 0.717) is 11.7 Å². The van der Waals surface area contributed by atoms with Crippen molar-refractivity contribution in [2.75, 3.05) is 0 Å². The van der Waals surface area contributed by atoms with E-state index >= 15 is 0 Å². The van der Waals surface area contributed by atoms with Crippen LogP contribution in [0, 0.1) is 5.92 Å². The number of carbonyl (C=O) groups is 1. The molecule has 3 aliphatic carbocycles. The van der Waals surface area contributed by atoms with Gasteiger partial charge in [0.25, 0.3) is 0 Å². The summed E-state index contributed by atoms with van der Waals surface area (Å²) in [5, 5.41) is 2.68. The maximum Gasteiger partial charge on any atom is 0.144 e. The van der Waals surface area contributed by atoms with Gasteiger partial charge < -0.3 is 0 Å². The summed E-state index contributed by atoms with van der Waals surface area (Å²) in [7, 11) is 0. The molecular weight excluding hydrogens is 304 g/mol. The maximum atomic E-state index is 13.1. The number of Topliss-reactive ketones (excluding diaryl/α,β-unsaturated/α-hetero) is 1. The normalized spacial score (nSPS) is 27.9. The van der Waals surface area contributed by atoms with Crippen LogP contribution in [0.15, 0.2) is 42.0 Å². The van der Waals surface area contributed by atoms with Gasteiger partial charge in [-0.3, -0.25) is 4.79 Å². The monoisotopic (exact) mass is 330 g/mol. The lowest BCUT2D eigenvalue weighted by atomic mass is 9.61. The molecule has 5 rings (SSSR count). The lowest BCUT2D eigenvalue weighted by molar-refractivity contribution is -0.126. The van der Waals surface area contributed by atoms with Crippen molar-refractivity contribution in [1.82, 2.24) is 0 Å². The average molecular weight is 330 g/mol. The summed E-state index contributed by atoms with van der Waals surface area (Å²) in [6.07, 6.45) is 7.24. The quantitative estimate of drug-likeness (QED) is 0.572. The lowest BCUT2D eigenvalue weighted by Crippen LogP contribution is -2.43. The summed E-state index contributed by atoms with van der Waals surface area (Å²) in [6, 6.07) is 11.5. The number of rotatable bonds is 0. The van der Waals surface area contributed by atoms with Crippen LogP contribution in [0.4, 0.5) is 0 Å². The van der Waals surface area contributed by atoms with Crippen molar-refractivity contribution in [3.8, 4) is 0 Å². The van der Waals surface area contributed by atoms with Crippen LogP contribution in [0.3, 0.4) is 0 Å². The van der Waals surface area contributed by atoms with E-state index in [9.17, 15) is 4.79 Å². The largest absolute Gasteiger partial charge is 0.299 e. The molecule has 1 fully saturated rings. The molecule has 1 heteroatoms. The molecule has 25 heavy (non-hydrogen) atoms. The smallest absolute Gasteiger partial charge is 0.144 e. The fourth-order valence-electron chi connectivity index (χ4n) is 5.72. The Balaban J connectivity index is 1.78. The Morgan fingerprint density at radius 2 is 1.96 bits per heavy atom. The molecule has 0 N–H and O–H groups in total. The second-order valence-corrected chi connectivity index (χ2v) is 9.36. The molecule has 2 atom stereocenters. The van der Waals surface area contributed by atoms with Gasteiger partial charge in [0.15, 0.2) is 0 Å². The Kier molecular flexibility index (Phi) is 2.98. The van der Waals surface area contributed by atoms with Crippen molar-refractivity contribution in [2.45, 2.75) is 63.7 Å². The topological polar surface area (TPSA) is 17.1 Å². The highest BCUT2D eigenvalue weighted by atomic mass is 16.1. The molecule has 0 saturated heterocycles. The molecule has 3 aliphatic rings. The van der Waals surface area contributed by atoms with Gasteiger partial charge in [0.1, 0.15) is 5.78 Å². The molecule has 2 aromatic rings. The second kappa shape index (κ2) is 4.84. The average Bonchev–Trinajstić information content (AvgIpc) is 3.18. The van der Waals surface area contributed by atoms with Crippen LogP contribution in [0.25, 0.3) is 10.8 Å². The molecular formula is C24H26O. The van der Waals surface area contributed by atoms with Gasteiger partial charge >= 0.3 is 0 Å². The van der Waals surface area contributed by atoms with Crippen molar-refractivity contribution in [1.29, 1.82) is 0 Å². The Morgan fingerprint density at radius 3 is 2.64 bits per heavy atom. The van der Waals surface area contributed by atoms with Crippen LogP contribution in [0.1, 0.15) is 63.1 Å². The molecule has 1 saturated carbocycles. The van der Waals surface area contributed by atoms with Crippen LogP contribution in [-0.4, -0.2) is 5.78 Å². The standard InChI is InChI=1S/C24H26O/c1-23(2,3)20-6-4-5-16-13-21-17(12-19(16)20)8-10-22(25)24(21)14-15-7-9-18(24)11-15/h4-7,12-13,18H,8-11,14H2,1-3H3. The van der Waals surface area contributed by atoms with E-state index in [4.69, 9.17) is 0 Å². The Hall–Kier alpha value is -1.89. The number of allylic oxidation sites excluding steroid dienone is 2. The lowest BCUT2D eigenvalue weighted by Gasteiger charge is -2.40. The maximum absolute atomic E-state index is 13.1. The molecule has 0 heterocycles. The van der Waals surface area contributed by atoms with Crippen molar-refractivity contribution in [3.05, 3.63) is 58.7 Å². The van der Waals surface area contributed by atoms with Gasteiger partial charge in [0.05, 0.1) is 5.41 Å². The zero-order valence-corrected chi connectivity index (χ0v) is 15.5. The van der Waals surface area contributed by atoms with E-state index in [1.165, 1.54) is 33.0 Å². The minimum atomic E-state index is -0.205. The fourth-order valence-corrected chi connectivity index (χ4v) is 5.72. The summed E-state index contributed by atoms with van der Waals surface area (Å²) >= 11 is 0. The first-order valence-electron chi connectivity index (χ1n) is 9.67. The van der Waals surface area contributed by atoms with Gasteiger partial charge in [0, 0.05) is 6.42 Å². The molecule has 2 aromatic carbocycles. The molecule has 2 unspecified atom stereocenters. The first-order valence-corrected chi connectivity index (χ1v) is 9.67. The molecule has 2 bridgehead atoms. The second-order valence-electron chi connectivity index (χ2n) is 9.36. The molecule has 0 amide bonds. The zero-order chi connectivity index (χ0) is 17.4. The highest BCUT2D eigenvalue weighted by Crippen LogP contribution is 2.57. The van der Waals surface area contributed by atoms with Crippen molar-refractivity contribution in [2.24, 2.45) is 5.92 Å². The van der Waals surface area contributed by atoms with E-state index < -0.39 is 0 Å². The summed E-state index contributed by atoms with van der Waals surface area (Å²) in [6.45, 7) is 6.86. The number of ketones is 1. The van der Waals surface area contributed by atoms with E-state index in [0.717, 1.165) is 32.1 Å². The third-order valence-corrected chi connectivity index (χ3v) is 6.91. The predicted molar refractivity (Wildman–Crippen MR) is 103 cm³/mol. The van der Waals surface area contributed by atoms with Gasteiger partial charge in [-0.05, 0) is 70.5 Å². The van der Waals surface area contributed by atoms with E-state index in [1.807, 2.05) is 0 Å². The van der Waals surface area contributed by atoms with Gasteiger partial charge in [-0.2, -0.15) is 0 Å².